The standard InChI is InChI=1S/C26H19N7O2/c34-23(9-15-5-7-27-25(35)10-15)22-12-16-1-2-17(13-21(16)31-22)26-28-8-6-24(32-26)30-19-3-4-20-18(11-19)14-29-33-20/h1-8,10-14,31H,9H2,(H,27,35)(H,29,33)(H,28,30,32). The van der Waals surface area contributed by atoms with Crippen LogP contribution in [0.3, 0.4) is 0 Å². The first-order chi connectivity index (χ1) is 17.1. The van der Waals surface area contributed by atoms with Crippen LogP contribution in [0.1, 0.15) is 16.1 Å². The second-order valence-electron chi connectivity index (χ2n) is 8.21. The number of hydrogen-bond donors (Lipinski definition) is 4. The van der Waals surface area contributed by atoms with Gasteiger partial charge in [0.05, 0.1) is 17.4 Å². The molecule has 0 radical (unpaired) electrons. The van der Waals surface area contributed by atoms with Gasteiger partial charge in [0, 0.05) is 52.4 Å². The highest BCUT2D eigenvalue weighted by atomic mass is 16.1. The lowest BCUT2D eigenvalue weighted by Gasteiger charge is -2.07. The van der Waals surface area contributed by atoms with Gasteiger partial charge in [0.15, 0.2) is 11.6 Å². The van der Waals surface area contributed by atoms with E-state index in [2.05, 4.69) is 35.5 Å². The summed E-state index contributed by atoms with van der Waals surface area (Å²) in [5.74, 6) is 1.14. The molecule has 6 aromatic rings. The maximum atomic E-state index is 12.8. The smallest absolute Gasteiger partial charge is 0.248 e. The van der Waals surface area contributed by atoms with Crippen LogP contribution in [0.15, 0.2) is 84.0 Å². The van der Waals surface area contributed by atoms with Crippen LogP contribution in [0.5, 0.6) is 0 Å². The minimum Gasteiger partial charge on any atom is -0.352 e. The molecule has 35 heavy (non-hydrogen) atoms. The van der Waals surface area contributed by atoms with Crippen molar-refractivity contribution < 1.29 is 4.79 Å². The normalized spacial score (nSPS) is 11.2. The summed E-state index contributed by atoms with van der Waals surface area (Å²) in [6.45, 7) is 0. The second kappa shape index (κ2) is 8.38. The highest BCUT2D eigenvalue weighted by Gasteiger charge is 2.12. The third-order valence-corrected chi connectivity index (χ3v) is 5.75. The number of aromatic nitrogens is 6. The molecule has 0 bridgehead atoms. The van der Waals surface area contributed by atoms with Crippen molar-refractivity contribution in [3.8, 4) is 11.4 Å². The van der Waals surface area contributed by atoms with Crippen LogP contribution >= 0.6 is 0 Å². The van der Waals surface area contributed by atoms with Crippen LogP contribution in [0, 0.1) is 0 Å². The zero-order valence-corrected chi connectivity index (χ0v) is 18.4. The van der Waals surface area contributed by atoms with Crippen molar-refractivity contribution in [2.24, 2.45) is 0 Å². The van der Waals surface area contributed by atoms with Gasteiger partial charge >= 0.3 is 0 Å². The molecule has 0 aliphatic rings. The number of carbonyl (C=O) groups excluding carboxylic acids is 1. The lowest BCUT2D eigenvalue weighted by molar-refractivity contribution is 0.0989. The predicted molar refractivity (Wildman–Crippen MR) is 134 cm³/mol. The fraction of sp³-hybridized carbons (Fsp3) is 0.0385. The van der Waals surface area contributed by atoms with Crippen molar-refractivity contribution in [2.75, 3.05) is 5.32 Å². The monoisotopic (exact) mass is 461 g/mol. The van der Waals surface area contributed by atoms with Crippen LogP contribution in [0.25, 0.3) is 33.2 Å². The molecule has 9 heteroatoms. The van der Waals surface area contributed by atoms with Crippen molar-refractivity contribution in [1.82, 2.24) is 30.1 Å². The van der Waals surface area contributed by atoms with Gasteiger partial charge in [0.1, 0.15) is 5.82 Å². The van der Waals surface area contributed by atoms with Crippen LogP contribution in [-0.4, -0.2) is 35.9 Å². The Balaban J connectivity index is 1.25. The molecule has 0 saturated heterocycles. The third-order valence-electron chi connectivity index (χ3n) is 5.75. The molecule has 0 aliphatic carbocycles. The summed E-state index contributed by atoms with van der Waals surface area (Å²) in [5, 5.41) is 12.2. The van der Waals surface area contributed by atoms with Crippen molar-refractivity contribution in [1.29, 1.82) is 0 Å². The Morgan fingerprint density at radius 1 is 0.943 bits per heavy atom. The van der Waals surface area contributed by atoms with E-state index in [4.69, 9.17) is 0 Å². The summed E-state index contributed by atoms with van der Waals surface area (Å²) in [7, 11) is 0. The van der Waals surface area contributed by atoms with E-state index in [0.717, 1.165) is 33.1 Å². The number of carbonyl (C=O) groups is 1. The summed E-state index contributed by atoms with van der Waals surface area (Å²) < 4.78 is 0. The fourth-order valence-electron chi connectivity index (χ4n) is 4.03. The Bertz CT molecular complexity index is 1760. The molecule has 6 rings (SSSR count). The first kappa shape index (κ1) is 20.5. The molecule has 2 aromatic carbocycles. The van der Waals surface area contributed by atoms with E-state index < -0.39 is 0 Å². The van der Waals surface area contributed by atoms with E-state index in [0.29, 0.717) is 22.9 Å². The van der Waals surface area contributed by atoms with Gasteiger partial charge in [-0.25, -0.2) is 9.97 Å². The van der Waals surface area contributed by atoms with E-state index >= 15 is 0 Å². The summed E-state index contributed by atoms with van der Waals surface area (Å²) in [5.41, 5.74) is 4.42. The molecule has 4 N–H and O–H groups in total. The highest BCUT2D eigenvalue weighted by Crippen LogP contribution is 2.25. The predicted octanol–water partition coefficient (Wildman–Crippen LogP) is 4.36. The number of nitrogens with one attached hydrogen (secondary N) is 4. The first-order valence-corrected chi connectivity index (χ1v) is 11.0. The van der Waals surface area contributed by atoms with Crippen molar-refractivity contribution in [3.63, 3.8) is 0 Å². The SMILES string of the molecule is O=C(Cc1cc[nH]c(=O)c1)c1cc2ccc(-c3nccc(Nc4ccc5[nH]ncc5c4)n3)cc2[nH]1. The largest absolute Gasteiger partial charge is 0.352 e. The summed E-state index contributed by atoms with van der Waals surface area (Å²) in [6, 6.07) is 18.5. The van der Waals surface area contributed by atoms with Crippen LogP contribution < -0.4 is 10.9 Å². The zero-order chi connectivity index (χ0) is 23.8. The number of anilines is 2. The number of nitrogens with zero attached hydrogens (tertiary/aromatic N) is 3. The number of hydrogen-bond acceptors (Lipinski definition) is 6. The highest BCUT2D eigenvalue weighted by molar-refractivity contribution is 6.01. The van der Waals surface area contributed by atoms with Gasteiger partial charge in [0.25, 0.3) is 0 Å². The first-order valence-electron chi connectivity index (χ1n) is 11.0. The summed E-state index contributed by atoms with van der Waals surface area (Å²) >= 11 is 0. The van der Waals surface area contributed by atoms with Gasteiger partial charge in [-0.05, 0) is 48.0 Å². The maximum Gasteiger partial charge on any atom is 0.248 e. The number of aromatic amines is 3. The van der Waals surface area contributed by atoms with Gasteiger partial charge in [-0.1, -0.05) is 12.1 Å². The lowest BCUT2D eigenvalue weighted by Crippen LogP contribution is -2.09. The minimum atomic E-state index is -0.227. The Kier molecular flexibility index (Phi) is 4.92. The Morgan fingerprint density at radius 2 is 1.89 bits per heavy atom. The molecule has 0 amide bonds. The zero-order valence-electron chi connectivity index (χ0n) is 18.4. The van der Waals surface area contributed by atoms with Gasteiger partial charge in [-0.15, -0.1) is 0 Å². The molecule has 0 fully saturated rings. The van der Waals surface area contributed by atoms with Crippen molar-refractivity contribution in [2.45, 2.75) is 6.42 Å². The van der Waals surface area contributed by atoms with E-state index in [1.165, 1.54) is 6.07 Å². The average Bonchev–Trinajstić information content (AvgIpc) is 3.50. The Labute approximate surface area is 198 Å². The molecule has 0 unspecified atom stereocenters. The third kappa shape index (κ3) is 4.18. The maximum absolute atomic E-state index is 12.8. The molecule has 4 aromatic heterocycles. The molecule has 0 saturated carbocycles. The number of ketones is 1. The number of pyridine rings is 1. The van der Waals surface area contributed by atoms with Crippen LogP contribution in [0.4, 0.5) is 11.5 Å². The quantitative estimate of drug-likeness (QED) is 0.273. The lowest BCUT2D eigenvalue weighted by atomic mass is 10.1. The number of fused-ring (bicyclic) bond motifs is 2. The second-order valence-corrected chi connectivity index (χ2v) is 8.21. The molecule has 0 atom stereocenters. The molecular formula is C26H19N7O2. The van der Waals surface area contributed by atoms with Gasteiger partial charge in [-0.2, -0.15) is 5.10 Å². The Morgan fingerprint density at radius 3 is 2.80 bits per heavy atom. The van der Waals surface area contributed by atoms with Gasteiger partial charge in [-0.3, -0.25) is 14.7 Å². The van der Waals surface area contributed by atoms with E-state index in [-0.39, 0.29) is 17.8 Å². The van der Waals surface area contributed by atoms with Gasteiger partial charge < -0.3 is 15.3 Å². The van der Waals surface area contributed by atoms with Gasteiger partial charge in [0.2, 0.25) is 5.56 Å². The van der Waals surface area contributed by atoms with Crippen LogP contribution in [-0.2, 0) is 6.42 Å². The molecule has 9 nitrogen and oxygen atoms in total. The molecule has 170 valence electrons. The number of Topliss-reactive ketones (excluding diaryl/α,β-unsaturated/α-hetero) is 1. The number of rotatable bonds is 6. The number of benzene rings is 2. The minimum absolute atomic E-state index is 0.0922. The fourth-order valence-corrected chi connectivity index (χ4v) is 4.03. The summed E-state index contributed by atoms with van der Waals surface area (Å²) in [4.78, 5) is 39.1. The molecule has 4 heterocycles. The number of H-pyrrole nitrogens is 3. The van der Waals surface area contributed by atoms with E-state index in [1.807, 2.05) is 48.5 Å². The average molecular weight is 461 g/mol. The van der Waals surface area contributed by atoms with Crippen molar-refractivity contribution in [3.05, 3.63) is 101 Å². The molecule has 0 aliphatic heterocycles. The van der Waals surface area contributed by atoms with Crippen LogP contribution in [0.2, 0.25) is 0 Å². The van der Waals surface area contributed by atoms with E-state index in [1.54, 1.807) is 24.7 Å². The summed E-state index contributed by atoms with van der Waals surface area (Å²) in [6.07, 6.45) is 5.17. The Hall–Kier alpha value is -5.05. The van der Waals surface area contributed by atoms with E-state index in [9.17, 15) is 9.59 Å². The topological polar surface area (TPSA) is 132 Å². The molecule has 0 spiro atoms. The molecular weight excluding hydrogens is 442 g/mol. The van der Waals surface area contributed by atoms with Crippen molar-refractivity contribution >= 4 is 39.1 Å².